The van der Waals surface area contributed by atoms with E-state index in [4.69, 9.17) is 4.74 Å². The van der Waals surface area contributed by atoms with Crippen molar-refractivity contribution in [2.45, 2.75) is 57.9 Å². The fourth-order valence-electron chi connectivity index (χ4n) is 5.94. The Hall–Kier alpha value is -2.68. The Morgan fingerprint density at radius 3 is 2.33 bits per heavy atom. The van der Waals surface area contributed by atoms with Crippen LogP contribution in [0.2, 0.25) is 0 Å². The standard InChI is InChI=1S/C27H33F3N4O2/c1-27(2,3)21-12-23(20-10-18(28)11-22(29)24(20)30)32-33-25(21)31-19-8-16-13-34(14-17(16)9-19)26(35)15-4-6-36-7-5-15/h10-12,15-17,19H,4-9,13-14H2,1-3H3,(H,31,33)/t16-,17+,19?. The maximum absolute atomic E-state index is 14.4. The van der Waals surface area contributed by atoms with Gasteiger partial charge < -0.3 is 15.0 Å². The minimum absolute atomic E-state index is 0.0889. The lowest BCUT2D eigenvalue weighted by Crippen LogP contribution is -2.38. The molecule has 2 saturated heterocycles. The van der Waals surface area contributed by atoms with Crippen molar-refractivity contribution < 1.29 is 22.7 Å². The van der Waals surface area contributed by atoms with E-state index in [1.165, 1.54) is 0 Å². The van der Waals surface area contributed by atoms with Crippen molar-refractivity contribution in [3.63, 3.8) is 0 Å². The molecule has 0 spiro atoms. The van der Waals surface area contributed by atoms with Gasteiger partial charge in [-0.15, -0.1) is 10.2 Å². The average molecular weight is 503 g/mol. The van der Waals surface area contributed by atoms with Gasteiger partial charge >= 0.3 is 0 Å². The maximum Gasteiger partial charge on any atom is 0.225 e. The van der Waals surface area contributed by atoms with Crippen molar-refractivity contribution in [1.29, 1.82) is 0 Å². The molecule has 194 valence electrons. The second kappa shape index (κ2) is 9.65. The van der Waals surface area contributed by atoms with Gasteiger partial charge in [0.1, 0.15) is 5.82 Å². The van der Waals surface area contributed by atoms with Gasteiger partial charge in [-0.1, -0.05) is 20.8 Å². The number of carbonyl (C=O) groups excluding carboxylic acids is 1. The van der Waals surface area contributed by atoms with Crippen LogP contribution in [0.3, 0.4) is 0 Å². The summed E-state index contributed by atoms with van der Waals surface area (Å²) in [5, 5.41) is 12.0. The number of nitrogens with one attached hydrogen (secondary N) is 1. The van der Waals surface area contributed by atoms with Gasteiger partial charge in [-0.05, 0) is 55.1 Å². The number of amides is 1. The van der Waals surface area contributed by atoms with Crippen LogP contribution >= 0.6 is 0 Å². The molecular weight excluding hydrogens is 469 g/mol. The van der Waals surface area contributed by atoms with E-state index in [2.05, 4.69) is 15.5 Å². The van der Waals surface area contributed by atoms with Crippen molar-refractivity contribution in [3.8, 4) is 11.3 Å². The molecule has 1 amide bonds. The Kier molecular flexibility index (Phi) is 6.70. The number of anilines is 1. The third-order valence-corrected chi connectivity index (χ3v) is 7.84. The lowest BCUT2D eigenvalue weighted by molar-refractivity contribution is -0.137. The second-order valence-electron chi connectivity index (χ2n) is 11.5. The zero-order chi connectivity index (χ0) is 25.6. The second-order valence-corrected chi connectivity index (χ2v) is 11.5. The molecule has 1 aromatic heterocycles. The molecule has 5 rings (SSSR count). The SMILES string of the molecule is CC(C)(C)c1cc(-c2cc(F)cc(F)c2F)nnc1NC1C[C@@H]2CN(C(=O)C3CCOCC3)C[C@@H]2C1. The predicted molar refractivity (Wildman–Crippen MR) is 130 cm³/mol. The molecule has 3 aliphatic rings. The predicted octanol–water partition coefficient (Wildman–Crippen LogP) is 4.93. The lowest BCUT2D eigenvalue weighted by Gasteiger charge is -2.28. The first-order chi connectivity index (χ1) is 17.1. The topological polar surface area (TPSA) is 67.4 Å². The van der Waals surface area contributed by atoms with E-state index >= 15 is 0 Å². The van der Waals surface area contributed by atoms with Gasteiger partial charge in [-0.2, -0.15) is 0 Å². The molecule has 1 saturated carbocycles. The zero-order valence-corrected chi connectivity index (χ0v) is 21.0. The van der Waals surface area contributed by atoms with Crippen molar-refractivity contribution >= 4 is 11.7 Å². The van der Waals surface area contributed by atoms with Crippen LogP contribution in [-0.2, 0) is 14.9 Å². The maximum atomic E-state index is 14.4. The van der Waals surface area contributed by atoms with Crippen LogP contribution in [0.1, 0.15) is 52.0 Å². The largest absolute Gasteiger partial charge is 0.381 e. The van der Waals surface area contributed by atoms with E-state index in [0.717, 1.165) is 50.4 Å². The third-order valence-electron chi connectivity index (χ3n) is 7.84. The summed E-state index contributed by atoms with van der Waals surface area (Å²) in [5.41, 5.74) is 0.273. The van der Waals surface area contributed by atoms with Gasteiger partial charge in [0.05, 0.1) is 5.69 Å². The summed E-state index contributed by atoms with van der Waals surface area (Å²) in [6.07, 6.45) is 3.48. The summed E-state index contributed by atoms with van der Waals surface area (Å²) >= 11 is 0. The molecule has 36 heavy (non-hydrogen) atoms. The summed E-state index contributed by atoms with van der Waals surface area (Å²) in [4.78, 5) is 15.0. The number of rotatable bonds is 4. The Balaban J connectivity index is 1.29. The van der Waals surface area contributed by atoms with E-state index in [9.17, 15) is 18.0 Å². The summed E-state index contributed by atoms with van der Waals surface area (Å²) < 4.78 is 47.4. The molecule has 1 aliphatic carbocycles. The zero-order valence-electron chi connectivity index (χ0n) is 21.0. The number of fused-ring (bicyclic) bond motifs is 1. The van der Waals surface area contributed by atoms with E-state index in [1.54, 1.807) is 6.07 Å². The van der Waals surface area contributed by atoms with E-state index < -0.39 is 17.5 Å². The first-order valence-electron chi connectivity index (χ1n) is 12.8. The van der Waals surface area contributed by atoms with Gasteiger partial charge in [0.2, 0.25) is 5.91 Å². The minimum Gasteiger partial charge on any atom is -0.381 e. The molecule has 0 bridgehead atoms. The fraction of sp³-hybridized carbons (Fsp3) is 0.593. The lowest BCUT2D eigenvalue weighted by atomic mass is 9.86. The highest BCUT2D eigenvalue weighted by molar-refractivity contribution is 5.79. The molecule has 9 heteroatoms. The fourth-order valence-corrected chi connectivity index (χ4v) is 5.94. The number of halogens is 3. The Morgan fingerprint density at radius 2 is 1.69 bits per heavy atom. The molecular formula is C27H33F3N4O2. The summed E-state index contributed by atoms with van der Waals surface area (Å²) in [6.45, 7) is 8.93. The highest BCUT2D eigenvalue weighted by Crippen LogP contribution is 2.41. The molecule has 1 N–H and O–H groups in total. The number of benzene rings is 1. The van der Waals surface area contributed by atoms with Gasteiger partial charge in [0.15, 0.2) is 17.5 Å². The van der Waals surface area contributed by atoms with Gasteiger partial charge in [-0.3, -0.25) is 4.79 Å². The van der Waals surface area contributed by atoms with Crippen LogP contribution in [0.25, 0.3) is 11.3 Å². The van der Waals surface area contributed by atoms with Crippen molar-refractivity contribution in [3.05, 3.63) is 41.2 Å². The monoisotopic (exact) mass is 502 g/mol. The number of likely N-dealkylation sites (tertiary alicyclic amines) is 1. The Morgan fingerprint density at radius 1 is 1.03 bits per heavy atom. The summed E-state index contributed by atoms with van der Waals surface area (Å²) in [5.74, 6) is -1.42. The van der Waals surface area contributed by atoms with Crippen LogP contribution in [0.4, 0.5) is 19.0 Å². The van der Waals surface area contributed by atoms with Gasteiger partial charge in [0, 0.05) is 55.5 Å². The number of carbonyl (C=O) groups is 1. The number of ether oxygens (including phenoxy) is 1. The normalized spacial score (nSPS) is 24.7. The Labute approximate surface area is 209 Å². The first-order valence-corrected chi connectivity index (χ1v) is 12.8. The Bertz CT molecular complexity index is 1130. The van der Waals surface area contributed by atoms with Crippen molar-refractivity contribution in [2.75, 3.05) is 31.6 Å². The number of aromatic nitrogens is 2. The number of nitrogens with zero attached hydrogens (tertiary/aromatic N) is 3. The molecule has 2 aliphatic heterocycles. The summed E-state index contributed by atoms with van der Waals surface area (Å²) in [7, 11) is 0. The highest BCUT2D eigenvalue weighted by atomic mass is 19.2. The van der Waals surface area contributed by atoms with E-state index in [-0.39, 0.29) is 34.5 Å². The van der Waals surface area contributed by atoms with Gasteiger partial charge in [0.25, 0.3) is 0 Å². The molecule has 6 nitrogen and oxygen atoms in total. The van der Waals surface area contributed by atoms with Crippen molar-refractivity contribution in [2.24, 2.45) is 17.8 Å². The molecule has 3 fully saturated rings. The van der Waals surface area contributed by atoms with Crippen LogP contribution in [-0.4, -0.2) is 53.3 Å². The number of hydrogen-bond donors (Lipinski definition) is 1. The van der Waals surface area contributed by atoms with Crippen LogP contribution in [0.5, 0.6) is 0 Å². The molecule has 0 radical (unpaired) electrons. The van der Waals surface area contributed by atoms with Gasteiger partial charge in [-0.25, -0.2) is 13.2 Å². The first kappa shape index (κ1) is 25.0. The molecule has 3 heterocycles. The highest BCUT2D eigenvalue weighted by Gasteiger charge is 2.44. The number of hydrogen-bond acceptors (Lipinski definition) is 5. The van der Waals surface area contributed by atoms with E-state index in [0.29, 0.717) is 36.9 Å². The quantitative estimate of drug-likeness (QED) is 0.601. The van der Waals surface area contributed by atoms with Crippen LogP contribution in [0, 0.1) is 35.2 Å². The molecule has 2 aromatic rings. The van der Waals surface area contributed by atoms with Crippen molar-refractivity contribution in [1.82, 2.24) is 15.1 Å². The van der Waals surface area contributed by atoms with Crippen LogP contribution < -0.4 is 5.32 Å². The van der Waals surface area contributed by atoms with E-state index in [1.807, 2.05) is 25.7 Å². The average Bonchev–Trinajstić information content (AvgIpc) is 3.40. The molecule has 3 atom stereocenters. The molecule has 1 unspecified atom stereocenters. The minimum atomic E-state index is -1.26. The summed E-state index contributed by atoms with van der Waals surface area (Å²) in [6, 6.07) is 3.30. The molecule has 1 aromatic carbocycles. The third kappa shape index (κ3) is 4.94. The van der Waals surface area contributed by atoms with Crippen LogP contribution in [0.15, 0.2) is 18.2 Å². The smallest absolute Gasteiger partial charge is 0.225 e.